The molecule has 0 aromatic heterocycles. The van der Waals surface area contributed by atoms with Crippen molar-refractivity contribution in [3.05, 3.63) is 0 Å². The monoisotopic (exact) mass is 281 g/mol. The standard InChI is InChI=1S/C17H35N3/c1-14(2)16-10-17(13-20(12-16)9-8-18)19-11-15-6-4-3-5-7-15/h14-17,19H,3-13,18H2,1-2H3. The highest BCUT2D eigenvalue weighted by molar-refractivity contribution is 4.85. The van der Waals surface area contributed by atoms with E-state index in [-0.39, 0.29) is 0 Å². The van der Waals surface area contributed by atoms with E-state index in [0.29, 0.717) is 6.04 Å². The van der Waals surface area contributed by atoms with E-state index in [4.69, 9.17) is 5.73 Å². The van der Waals surface area contributed by atoms with Gasteiger partial charge in [0.1, 0.15) is 0 Å². The molecule has 118 valence electrons. The van der Waals surface area contributed by atoms with Crippen LogP contribution in [0, 0.1) is 17.8 Å². The first-order valence-electron chi connectivity index (χ1n) is 8.84. The normalized spacial score (nSPS) is 30.0. The molecule has 0 aromatic carbocycles. The molecule has 1 aliphatic carbocycles. The van der Waals surface area contributed by atoms with Gasteiger partial charge in [0, 0.05) is 32.2 Å². The van der Waals surface area contributed by atoms with Crippen LogP contribution in [0.5, 0.6) is 0 Å². The lowest BCUT2D eigenvalue weighted by atomic mass is 9.84. The Morgan fingerprint density at radius 1 is 1.15 bits per heavy atom. The summed E-state index contributed by atoms with van der Waals surface area (Å²) in [6.45, 7) is 10.3. The fourth-order valence-electron chi connectivity index (χ4n) is 3.95. The first kappa shape index (κ1) is 16.3. The van der Waals surface area contributed by atoms with Gasteiger partial charge >= 0.3 is 0 Å². The minimum Gasteiger partial charge on any atom is -0.329 e. The number of piperidine rings is 1. The van der Waals surface area contributed by atoms with E-state index in [1.165, 1.54) is 58.2 Å². The minimum atomic E-state index is 0.685. The highest BCUT2D eigenvalue weighted by Crippen LogP contribution is 2.26. The van der Waals surface area contributed by atoms with Crippen molar-refractivity contribution < 1.29 is 0 Å². The molecule has 2 aliphatic rings. The molecule has 1 saturated heterocycles. The Hall–Kier alpha value is -0.120. The van der Waals surface area contributed by atoms with Crippen molar-refractivity contribution in [3.8, 4) is 0 Å². The maximum atomic E-state index is 5.76. The summed E-state index contributed by atoms with van der Waals surface area (Å²) in [6.07, 6.45) is 8.60. The molecule has 0 amide bonds. The van der Waals surface area contributed by atoms with E-state index in [2.05, 4.69) is 24.1 Å². The van der Waals surface area contributed by atoms with E-state index >= 15 is 0 Å². The van der Waals surface area contributed by atoms with Crippen molar-refractivity contribution in [1.82, 2.24) is 10.2 Å². The van der Waals surface area contributed by atoms with Crippen LogP contribution in [0.15, 0.2) is 0 Å². The Kier molecular flexibility index (Phi) is 6.79. The van der Waals surface area contributed by atoms with Crippen LogP contribution in [0.25, 0.3) is 0 Å². The van der Waals surface area contributed by atoms with Crippen LogP contribution in [0.1, 0.15) is 52.4 Å². The van der Waals surface area contributed by atoms with Crippen LogP contribution in [-0.4, -0.2) is 43.7 Å². The van der Waals surface area contributed by atoms with Crippen LogP contribution in [-0.2, 0) is 0 Å². The summed E-state index contributed by atoms with van der Waals surface area (Å²) < 4.78 is 0. The first-order chi connectivity index (χ1) is 9.69. The average Bonchev–Trinajstić information content (AvgIpc) is 2.46. The molecule has 0 spiro atoms. The fraction of sp³-hybridized carbons (Fsp3) is 1.00. The molecule has 2 atom stereocenters. The lowest BCUT2D eigenvalue weighted by molar-refractivity contribution is 0.115. The SMILES string of the molecule is CC(C)C1CC(NCC2CCCCC2)CN(CCN)C1. The average molecular weight is 281 g/mol. The number of nitrogens with zero attached hydrogens (tertiary/aromatic N) is 1. The van der Waals surface area contributed by atoms with E-state index in [1.54, 1.807) is 0 Å². The lowest BCUT2D eigenvalue weighted by Gasteiger charge is -2.40. The maximum Gasteiger partial charge on any atom is 0.0198 e. The number of likely N-dealkylation sites (tertiary alicyclic amines) is 1. The van der Waals surface area contributed by atoms with Gasteiger partial charge in [0.2, 0.25) is 0 Å². The largest absolute Gasteiger partial charge is 0.329 e. The van der Waals surface area contributed by atoms with Crippen LogP contribution >= 0.6 is 0 Å². The quantitative estimate of drug-likeness (QED) is 0.786. The third kappa shape index (κ3) is 5.01. The van der Waals surface area contributed by atoms with Gasteiger partial charge in [-0.05, 0) is 43.6 Å². The number of nitrogens with one attached hydrogen (secondary N) is 1. The molecule has 2 rings (SSSR count). The van der Waals surface area contributed by atoms with Gasteiger partial charge in [-0.3, -0.25) is 0 Å². The van der Waals surface area contributed by atoms with Crippen molar-refractivity contribution in [1.29, 1.82) is 0 Å². The summed E-state index contributed by atoms with van der Waals surface area (Å²) in [5, 5.41) is 3.88. The first-order valence-corrected chi connectivity index (χ1v) is 8.84. The van der Waals surface area contributed by atoms with E-state index in [1.807, 2.05) is 0 Å². The topological polar surface area (TPSA) is 41.3 Å². The zero-order chi connectivity index (χ0) is 14.4. The number of nitrogens with two attached hydrogens (primary N) is 1. The summed E-state index contributed by atoms with van der Waals surface area (Å²) in [7, 11) is 0. The predicted octanol–water partition coefficient (Wildman–Crippen LogP) is 2.46. The number of rotatable bonds is 6. The van der Waals surface area contributed by atoms with Crippen molar-refractivity contribution >= 4 is 0 Å². The third-order valence-corrected chi connectivity index (χ3v) is 5.37. The molecule has 0 bridgehead atoms. The Morgan fingerprint density at radius 2 is 1.90 bits per heavy atom. The second kappa shape index (κ2) is 8.35. The van der Waals surface area contributed by atoms with Crippen LogP contribution in [0.2, 0.25) is 0 Å². The molecular formula is C17H35N3. The molecule has 2 fully saturated rings. The molecule has 20 heavy (non-hydrogen) atoms. The summed E-state index contributed by atoms with van der Waals surface area (Å²) in [5.74, 6) is 2.56. The van der Waals surface area contributed by atoms with Crippen molar-refractivity contribution in [2.75, 3.05) is 32.7 Å². The number of hydrogen-bond acceptors (Lipinski definition) is 3. The van der Waals surface area contributed by atoms with Crippen molar-refractivity contribution in [2.24, 2.45) is 23.5 Å². The smallest absolute Gasteiger partial charge is 0.0198 e. The van der Waals surface area contributed by atoms with Crippen LogP contribution < -0.4 is 11.1 Å². The van der Waals surface area contributed by atoms with Gasteiger partial charge < -0.3 is 16.0 Å². The minimum absolute atomic E-state index is 0.685. The zero-order valence-electron chi connectivity index (χ0n) is 13.6. The summed E-state index contributed by atoms with van der Waals surface area (Å²) in [6, 6.07) is 0.685. The van der Waals surface area contributed by atoms with Crippen molar-refractivity contribution in [3.63, 3.8) is 0 Å². The van der Waals surface area contributed by atoms with Crippen LogP contribution in [0.3, 0.4) is 0 Å². The van der Waals surface area contributed by atoms with Crippen LogP contribution in [0.4, 0.5) is 0 Å². The van der Waals surface area contributed by atoms with Gasteiger partial charge in [-0.15, -0.1) is 0 Å². The third-order valence-electron chi connectivity index (χ3n) is 5.37. The molecule has 1 saturated carbocycles. The Labute approximate surface area is 125 Å². The highest BCUT2D eigenvalue weighted by Gasteiger charge is 2.28. The second-order valence-corrected chi connectivity index (χ2v) is 7.40. The molecule has 1 aliphatic heterocycles. The maximum absolute atomic E-state index is 5.76. The molecule has 1 heterocycles. The fourth-order valence-corrected chi connectivity index (χ4v) is 3.95. The Morgan fingerprint density at radius 3 is 2.55 bits per heavy atom. The summed E-state index contributed by atoms with van der Waals surface area (Å²) >= 11 is 0. The van der Waals surface area contributed by atoms with E-state index in [0.717, 1.165) is 30.8 Å². The second-order valence-electron chi connectivity index (χ2n) is 7.40. The number of hydrogen-bond donors (Lipinski definition) is 2. The highest BCUT2D eigenvalue weighted by atomic mass is 15.2. The van der Waals surface area contributed by atoms with Gasteiger partial charge in [-0.1, -0.05) is 33.1 Å². The van der Waals surface area contributed by atoms with Gasteiger partial charge in [0.15, 0.2) is 0 Å². The lowest BCUT2D eigenvalue weighted by Crippen LogP contribution is -2.52. The Bertz CT molecular complexity index is 261. The molecule has 3 heteroatoms. The molecule has 0 aromatic rings. The van der Waals surface area contributed by atoms with Gasteiger partial charge in [0.25, 0.3) is 0 Å². The molecular weight excluding hydrogens is 246 g/mol. The zero-order valence-corrected chi connectivity index (χ0v) is 13.6. The van der Waals surface area contributed by atoms with E-state index < -0.39 is 0 Å². The molecule has 0 radical (unpaired) electrons. The summed E-state index contributed by atoms with van der Waals surface area (Å²) in [5.41, 5.74) is 5.76. The molecule has 3 N–H and O–H groups in total. The van der Waals surface area contributed by atoms with Gasteiger partial charge in [-0.25, -0.2) is 0 Å². The van der Waals surface area contributed by atoms with Gasteiger partial charge in [0.05, 0.1) is 0 Å². The predicted molar refractivity (Wildman–Crippen MR) is 86.8 cm³/mol. The Balaban J connectivity index is 1.78. The van der Waals surface area contributed by atoms with Gasteiger partial charge in [-0.2, -0.15) is 0 Å². The molecule has 2 unspecified atom stereocenters. The van der Waals surface area contributed by atoms with E-state index in [9.17, 15) is 0 Å². The van der Waals surface area contributed by atoms with Crippen molar-refractivity contribution in [2.45, 2.75) is 58.4 Å². The molecule has 3 nitrogen and oxygen atoms in total. The summed E-state index contributed by atoms with van der Waals surface area (Å²) in [4.78, 5) is 2.58.